The number of ether oxygens (including phenoxy) is 1. The predicted molar refractivity (Wildman–Crippen MR) is 134 cm³/mol. The lowest BCUT2D eigenvalue weighted by molar-refractivity contribution is -0.120. The van der Waals surface area contributed by atoms with Crippen LogP contribution in [0, 0.1) is 6.92 Å². The van der Waals surface area contributed by atoms with Gasteiger partial charge < -0.3 is 15.0 Å². The molecule has 174 valence electrons. The van der Waals surface area contributed by atoms with Crippen molar-refractivity contribution in [3.63, 3.8) is 0 Å². The largest absolute Gasteiger partial charge is 0.486 e. The number of anilines is 1. The molecule has 0 spiro atoms. The maximum absolute atomic E-state index is 12.3. The number of aryl methyl sites for hydroxylation is 1. The van der Waals surface area contributed by atoms with E-state index in [2.05, 4.69) is 57.4 Å². The molecule has 1 N–H and O–H groups in total. The zero-order valence-corrected chi connectivity index (χ0v) is 20.0. The van der Waals surface area contributed by atoms with Gasteiger partial charge in [-0.15, -0.1) is 11.3 Å². The molecule has 0 atom stereocenters. The first-order valence-electron chi connectivity index (χ1n) is 11.6. The van der Waals surface area contributed by atoms with Crippen LogP contribution in [0.3, 0.4) is 0 Å². The van der Waals surface area contributed by atoms with Gasteiger partial charge in [-0.1, -0.05) is 35.9 Å². The van der Waals surface area contributed by atoms with Crippen LogP contribution in [0.1, 0.15) is 22.7 Å². The van der Waals surface area contributed by atoms with E-state index >= 15 is 0 Å². The highest BCUT2D eigenvalue weighted by atomic mass is 32.1. The van der Waals surface area contributed by atoms with Crippen LogP contribution in [-0.2, 0) is 17.8 Å². The van der Waals surface area contributed by atoms with Gasteiger partial charge in [0.25, 0.3) is 0 Å². The Morgan fingerprint density at radius 3 is 2.58 bits per heavy atom. The molecule has 1 aromatic heterocycles. The Balaban J connectivity index is 1.09. The van der Waals surface area contributed by atoms with Crippen LogP contribution >= 0.6 is 11.3 Å². The van der Waals surface area contributed by atoms with E-state index in [0.717, 1.165) is 55.6 Å². The third kappa shape index (κ3) is 7.30. The molecule has 6 nitrogen and oxygen atoms in total. The monoisotopic (exact) mass is 464 g/mol. The summed E-state index contributed by atoms with van der Waals surface area (Å²) in [5.74, 6) is 0.858. The minimum atomic E-state index is 0.0280. The van der Waals surface area contributed by atoms with Crippen molar-refractivity contribution < 1.29 is 9.53 Å². The molecule has 1 saturated heterocycles. The number of hydrogen-bond donors (Lipinski definition) is 1. The summed E-state index contributed by atoms with van der Waals surface area (Å²) in [6.45, 7) is 8.42. The first-order chi connectivity index (χ1) is 16.2. The number of benzene rings is 2. The van der Waals surface area contributed by atoms with Gasteiger partial charge in [0, 0.05) is 43.8 Å². The smallest absolute Gasteiger partial charge is 0.226 e. The summed E-state index contributed by atoms with van der Waals surface area (Å²) in [4.78, 5) is 21.7. The standard InChI is InChI=1S/C26H32N4O2S/c1-21-8-10-24(11-9-21)32-19-26-28-22(20-33-26)18-25(31)27-12-5-13-29-14-16-30(17-15-29)23-6-3-2-4-7-23/h2-4,6-11,20H,5,12-19H2,1H3,(H,27,31). The van der Waals surface area contributed by atoms with Crippen molar-refractivity contribution in [2.45, 2.75) is 26.4 Å². The van der Waals surface area contributed by atoms with E-state index < -0.39 is 0 Å². The summed E-state index contributed by atoms with van der Waals surface area (Å²) in [5.41, 5.74) is 3.31. The van der Waals surface area contributed by atoms with E-state index in [1.165, 1.54) is 22.6 Å². The SMILES string of the molecule is Cc1ccc(OCc2nc(CC(=O)NCCCN3CCN(c4ccccc4)CC3)cs2)cc1. The number of carbonyl (C=O) groups is 1. The number of carbonyl (C=O) groups excluding carboxylic acids is 1. The molecule has 0 saturated carbocycles. The average Bonchev–Trinajstić information content (AvgIpc) is 3.29. The van der Waals surface area contributed by atoms with Crippen LogP contribution < -0.4 is 15.0 Å². The Bertz CT molecular complexity index is 999. The summed E-state index contributed by atoms with van der Waals surface area (Å²) in [6.07, 6.45) is 1.28. The quantitative estimate of drug-likeness (QED) is 0.461. The van der Waals surface area contributed by atoms with Gasteiger partial charge >= 0.3 is 0 Å². The lowest BCUT2D eigenvalue weighted by Crippen LogP contribution is -2.47. The molecule has 2 aromatic carbocycles. The number of aromatic nitrogens is 1. The number of para-hydroxylation sites is 1. The maximum Gasteiger partial charge on any atom is 0.226 e. The maximum atomic E-state index is 12.3. The third-order valence-corrected chi connectivity index (χ3v) is 6.66. The van der Waals surface area contributed by atoms with Crippen molar-refractivity contribution in [1.29, 1.82) is 0 Å². The zero-order valence-electron chi connectivity index (χ0n) is 19.2. The second-order valence-corrected chi connectivity index (χ2v) is 9.32. The average molecular weight is 465 g/mol. The number of piperazine rings is 1. The number of rotatable bonds is 10. The molecule has 0 bridgehead atoms. The van der Waals surface area contributed by atoms with E-state index in [1.54, 1.807) is 0 Å². The number of amides is 1. The van der Waals surface area contributed by atoms with Gasteiger partial charge in [-0.25, -0.2) is 4.98 Å². The lowest BCUT2D eigenvalue weighted by Gasteiger charge is -2.36. The first-order valence-corrected chi connectivity index (χ1v) is 12.5. The van der Waals surface area contributed by atoms with Gasteiger partial charge in [-0.05, 0) is 44.2 Å². The van der Waals surface area contributed by atoms with Gasteiger partial charge in [-0.2, -0.15) is 0 Å². The van der Waals surface area contributed by atoms with Crippen molar-refractivity contribution in [2.24, 2.45) is 0 Å². The minimum Gasteiger partial charge on any atom is -0.486 e. The fraction of sp³-hybridized carbons (Fsp3) is 0.385. The first kappa shape index (κ1) is 23.3. The Hall–Kier alpha value is -2.90. The lowest BCUT2D eigenvalue weighted by atomic mass is 10.2. The van der Waals surface area contributed by atoms with E-state index in [4.69, 9.17) is 4.74 Å². The molecular weight excluding hydrogens is 432 g/mol. The number of nitrogens with zero attached hydrogens (tertiary/aromatic N) is 3. The van der Waals surface area contributed by atoms with Crippen LogP contribution in [0.2, 0.25) is 0 Å². The molecule has 0 radical (unpaired) electrons. The van der Waals surface area contributed by atoms with Crippen molar-refractivity contribution >= 4 is 22.9 Å². The number of hydrogen-bond acceptors (Lipinski definition) is 6. The fourth-order valence-electron chi connectivity index (χ4n) is 3.90. The van der Waals surface area contributed by atoms with Crippen LogP contribution in [-0.4, -0.2) is 55.1 Å². The fourth-order valence-corrected chi connectivity index (χ4v) is 4.61. The molecule has 2 heterocycles. The predicted octanol–water partition coefficient (Wildman–Crippen LogP) is 3.90. The summed E-state index contributed by atoms with van der Waals surface area (Å²) in [5, 5.41) is 5.86. The summed E-state index contributed by atoms with van der Waals surface area (Å²) < 4.78 is 5.77. The molecular formula is C26H32N4O2S. The van der Waals surface area contributed by atoms with Gasteiger partial charge in [0.1, 0.15) is 17.4 Å². The van der Waals surface area contributed by atoms with Crippen LogP contribution in [0.25, 0.3) is 0 Å². The molecule has 33 heavy (non-hydrogen) atoms. The van der Waals surface area contributed by atoms with Crippen LogP contribution in [0.15, 0.2) is 60.0 Å². The normalized spacial score (nSPS) is 14.3. The molecule has 7 heteroatoms. The Morgan fingerprint density at radius 2 is 1.82 bits per heavy atom. The van der Waals surface area contributed by atoms with Crippen molar-refractivity contribution in [1.82, 2.24) is 15.2 Å². The third-order valence-electron chi connectivity index (χ3n) is 5.79. The van der Waals surface area contributed by atoms with Gasteiger partial charge in [0.15, 0.2) is 0 Å². The van der Waals surface area contributed by atoms with E-state index in [-0.39, 0.29) is 5.91 Å². The summed E-state index contributed by atoms with van der Waals surface area (Å²) >= 11 is 1.53. The van der Waals surface area contributed by atoms with Gasteiger partial charge in [-0.3, -0.25) is 9.69 Å². The highest BCUT2D eigenvalue weighted by Gasteiger charge is 2.16. The Kier molecular flexibility index (Phi) is 8.33. The summed E-state index contributed by atoms with van der Waals surface area (Å²) in [7, 11) is 0. The topological polar surface area (TPSA) is 57.7 Å². The Labute approximate surface area is 200 Å². The van der Waals surface area contributed by atoms with E-state index in [1.807, 2.05) is 29.6 Å². The van der Waals surface area contributed by atoms with Crippen LogP contribution in [0.4, 0.5) is 5.69 Å². The number of thiazole rings is 1. The Morgan fingerprint density at radius 1 is 1.06 bits per heavy atom. The molecule has 4 rings (SSSR count). The highest BCUT2D eigenvalue weighted by Crippen LogP contribution is 2.17. The minimum absolute atomic E-state index is 0.0280. The van der Waals surface area contributed by atoms with Crippen molar-refractivity contribution in [3.8, 4) is 5.75 Å². The van der Waals surface area contributed by atoms with E-state index in [9.17, 15) is 4.79 Å². The second-order valence-electron chi connectivity index (χ2n) is 8.38. The molecule has 0 aliphatic carbocycles. The number of nitrogens with one attached hydrogen (secondary N) is 1. The zero-order chi connectivity index (χ0) is 22.9. The van der Waals surface area contributed by atoms with Crippen molar-refractivity contribution in [2.75, 3.05) is 44.2 Å². The molecule has 0 unspecified atom stereocenters. The second kappa shape index (κ2) is 11.8. The molecule has 1 aliphatic rings. The van der Waals surface area contributed by atoms with Crippen LogP contribution in [0.5, 0.6) is 5.75 Å². The molecule has 1 fully saturated rings. The molecule has 1 aliphatic heterocycles. The summed E-state index contributed by atoms with van der Waals surface area (Å²) in [6, 6.07) is 18.6. The molecule has 1 amide bonds. The van der Waals surface area contributed by atoms with E-state index in [0.29, 0.717) is 19.6 Å². The van der Waals surface area contributed by atoms with Gasteiger partial charge in [0.2, 0.25) is 5.91 Å². The van der Waals surface area contributed by atoms with Crippen molar-refractivity contribution in [3.05, 3.63) is 76.2 Å². The molecule has 3 aromatic rings. The van der Waals surface area contributed by atoms with Gasteiger partial charge in [0.05, 0.1) is 12.1 Å². The highest BCUT2D eigenvalue weighted by molar-refractivity contribution is 7.09.